The fourth-order valence-corrected chi connectivity index (χ4v) is 2.89. The highest BCUT2D eigenvalue weighted by Gasteiger charge is 2.29. The van der Waals surface area contributed by atoms with Crippen LogP contribution in [0.1, 0.15) is 31.5 Å². The van der Waals surface area contributed by atoms with E-state index >= 15 is 0 Å². The molecule has 0 aliphatic carbocycles. The number of pyridine rings is 1. The van der Waals surface area contributed by atoms with Gasteiger partial charge >= 0.3 is 9.36 Å². The standard InChI is InChI=1S/C19H14F3N5O.C3H8.BBr3/c1-11-18(27-10-14(28)6-7-17(27)24-11)15-8-23-9-16(26-15)25-13-4-2-12(3-5-13)19(20,21)22;1-3-2;2-1(3)4/h2-10,28H,1H3,(H,25,26);3H2,1-2H3;. The van der Waals surface area contributed by atoms with Gasteiger partial charge in [0, 0.05) is 5.69 Å². The molecule has 0 fully saturated rings. The number of benzene rings is 1. The van der Waals surface area contributed by atoms with Crippen LogP contribution >= 0.6 is 47.3 Å². The maximum atomic E-state index is 12.7. The number of rotatable bonds is 3. The van der Waals surface area contributed by atoms with Crippen LogP contribution in [0.15, 0.2) is 55.0 Å². The Balaban J connectivity index is 0.000000551. The third-order valence-electron chi connectivity index (χ3n) is 4.14. The highest BCUT2D eigenvalue weighted by molar-refractivity contribution is 9.69. The van der Waals surface area contributed by atoms with E-state index < -0.39 is 11.7 Å². The molecular weight excluding hydrogens is 658 g/mol. The molecule has 0 atom stereocenters. The Labute approximate surface area is 226 Å². The van der Waals surface area contributed by atoms with Crippen LogP contribution in [0.5, 0.6) is 5.75 Å². The van der Waals surface area contributed by atoms with Crippen LogP contribution in [-0.4, -0.2) is 27.6 Å². The van der Waals surface area contributed by atoms with Crippen molar-refractivity contribution in [3.8, 4) is 17.1 Å². The number of halogens is 6. The molecule has 2 N–H and O–H groups in total. The number of fused-ring (bicyclic) bond motifs is 1. The zero-order valence-corrected chi connectivity index (χ0v) is 23.7. The Bertz CT molecular complexity index is 1230. The molecule has 3 heterocycles. The van der Waals surface area contributed by atoms with E-state index in [9.17, 15) is 18.3 Å². The summed E-state index contributed by atoms with van der Waals surface area (Å²) in [7, 11) is 0. The van der Waals surface area contributed by atoms with Crippen LogP contribution in [0.4, 0.5) is 24.7 Å². The van der Waals surface area contributed by atoms with Gasteiger partial charge in [-0.2, -0.15) is 13.2 Å². The predicted octanol–water partition coefficient (Wildman–Crippen LogP) is 8.14. The Hall–Kier alpha value is -2.12. The van der Waals surface area contributed by atoms with E-state index in [1.807, 2.05) is 6.92 Å². The Kier molecular flexibility index (Phi) is 11.0. The largest absolute Gasteiger partial charge is 0.506 e. The van der Waals surface area contributed by atoms with Crippen LogP contribution in [0.25, 0.3) is 17.0 Å². The molecule has 0 aliphatic rings. The minimum absolute atomic E-state index is 0.0816. The van der Waals surface area contributed by atoms with Crippen LogP contribution < -0.4 is 5.32 Å². The molecule has 4 rings (SSSR count). The minimum atomic E-state index is -4.38. The van der Waals surface area contributed by atoms with Gasteiger partial charge in [0.2, 0.25) is 0 Å². The van der Waals surface area contributed by atoms with Crippen LogP contribution in [-0.2, 0) is 6.18 Å². The van der Waals surface area contributed by atoms with Crippen LogP contribution in [0, 0.1) is 6.92 Å². The fraction of sp³-hybridized carbons (Fsp3) is 0.227. The average molecular weight is 680 g/mol. The second-order valence-corrected chi connectivity index (χ2v) is 13.5. The Morgan fingerprint density at radius 2 is 1.60 bits per heavy atom. The second-order valence-electron chi connectivity index (χ2n) is 7.11. The summed E-state index contributed by atoms with van der Waals surface area (Å²) >= 11 is 9.31. The van der Waals surface area contributed by atoms with Crippen molar-refractivity contribution in [3.05, 3.63) is 66.2 Å². The van der Waals surface area contributed by atoms with Crippen molar-refractivity contribution in [1.29, 1.82) is 0 Å². The van der Waals surface area contributed by atoms with Gasteiger partial charge in [0.25, 0.3) is 0 Å². The molecule has 1 aromatic carbocycles. The number of imidazole rings is 1. The van der Waals surface area contributed by atoms with E-state index in [2.05, 4.69) is 81.4 Å². The summed E-state index contributed by atoms with van der Waals surface area (Å²) in [4.78, 5) is 13.1. The molecule has 0 saturated carbocycles. The Morgan fingerprint density at radius 1 is 1.00 bits per heavy atom. The predicted molar refractivity (Wildman–Crippen MR) is 146 cm³/mol. The van der Waals surface area contributed by atoms with Gasteiger partial charge in [-0.05, 0) is 43.3 Å². The van der Waals surface area contributed by atoms with E-state index in [0.29, 0.717) is 34.2 Å². The van der Waals surface area contributed by atoms with Crippen LogP contribution in [0.2, 0.25) is 0 Å². The number of alkyl halides is 3. The first kappa shape index (κ1) is 29.1. The maximum absolute atomic E-state index is 12.7. The van der Waals surface area contributed by atoms with Crippen molar-refractivity contribution < 1.29 is 18.3 Å². The minimum Gasteiger partial charge on any atom is -0.506 e. The molecule has 0 spiro atoms. The van der Waals surface area contributed by atoms with E-state index in [0.717, 1.165) is 12.1 Å². The molecule has 35 heavy (non-hydrogen) atoms. The third kappa shape index (κ3) is 8.80. The first-order chi connectivity index (χ1) is 16.5. The smallest absolute Gasteiger partial charge is 0.416 e. The molecule has 0 radical (unpaired) electrons. The second kappa shape index (κ2) is 13.3. The number of nitrogens with zero attached hydrogens (tertiary/aromatic N) is 4. The topological polar surface area (TPSA) is 75.3 Å². The lowest BCUT2D eigenvalue weighted by Gasteiger charge is -2.10. The highest BCUT2D eigenvalue weighted by Crippen LogP contribution is 2.30. The summed E-state index contributed by atoms with van der Waals surface area (Å²) in [6.07, 6.45) is 1.42. The van der Waals surface area contributed by atoms with Gasteiger partial charge in [0.15, 0.2) is 0 Å². The molecule has 3 aromatic heterocycles. The van der Waals surface area contributed by atoms with E-state index in [1.165, 1.54) is 30.9 Å². The van der Waals surface area contributed by atoms with Gasteiger partial charge in [0.1, 0.15) is 22.9 Å². The monoisotopic (exact) mass is 677 g/mol. The van der Waals surface area contributed by atoms with Gasteiger partial charge in [-0.25, -0.2) is 9.97 Å². The van der Waals surface area contributed by atoms with Crippen molar-refractivity contribution >= 4 is 67.6 Å². The van der Waals surface area contributed by atoms with Gasteiger partial charge in [-0.3, -0.25) is 9.38 Å². The molecular formula is C22H22BBr3F3N5O. The molecule has 0 unspecified atom stereocenters. The number of aryl methyl sites for hydroxylation is 1. The first-order valence-corrected chi connectivity index (χ1v) is 13.1. The number of aromatic hydroxyl groups is 1. The fourth-order valence-electron chi connectivity index (χ4n) is 2.89. The SMILES string of the molecule is BrB(Br)Br.CCC.Cc1nc2ccc(O)cn2c1-c1cncc(Nc2ccc(C(F)(F)F)cc2)n1. The zero-order chi connectivity index (χ0) is 26.2. The number of nitrogens with one attached hydrogen (secondary N) is 1. The molecule has 0 amide bonds. The molecule has 0 saturated heterocycles. The van der Waals surface area contributed by atoms with E-state index in [1.54, 1.807) is 22.7 Å². The number of anilines is 2. The lowest BCUT2D eigenvalue weighted by molar-refractivity contribution is -0.137. The molecule has 4 aromatic rings. The van der Waals surface area contributed by atoms with Gasteiger partial charge in [-0.15, -0.1) is 47.3 Å². The van der Waals surface area contributed by atoms with Crippen molar-refractivity contribution in [2.24, 2.45) is 0 Å². The summed E-state index contributed by atoms with van der Waals surface area (Å²) in [5, 5.41) is 12.7. The van der Waals surface area contributed by atoms with Gasteiger partial charge < -0.3 is 10.4 Å². The summed E-state index contributed by atoms with van der Waals surface area (Å²) in [5.74, 6) is 0.449. The Morgan fingerprint density at radius 3 is 2.17 bits per heavy atom. The van der Waals surface area contributed by atoms with E-state index in [4.69, 9.17) is 0 Å². The van der Waals surface area contributed by atoms with Crippen molar-refractivity contribution in [2.45, 2.75) is 33.4 Å². The number of hydrogen-bond donors (Lipinski definition) is 2. The summed E-state index contributed by atoms with van der Waals surface area (Å²) in [5.41, 5.74) is 2.24. The van der Waals surface area contributed by atoms with E-state index in [-0.39, 0.29) is 8.93 Å². The van der Waals surface area contributed by atoms with Gasteiger partial charge in [-0.1, -0.05) is 20.3 Å². The average Bonchev–Trinajstić information content (AvgIpc) is 3.09. The van der Waals surface area contributed by atoms with Gasteiger partial charge in [0.05, 0.1) is 35.5 Å². The lowest BCUT2D eigenvalue weighted by Crippen LogP contribution is -2.04. The number of aromatic nitrogens is 4. The zero-order valence-electron chi connectivity index (χ0n) is 19.0. The van der Waals surface area contributed by atoms with Crippen molar-refractivity contribution in [2.75, 3.05) is 5.32 Å². The molecule has 6 nitrogen and oxygen atoms in total. The normalized spacial score (nSPS) is 10.7. The van der Waals surface area contributed by atoms with Crippen molar-refractivity contribution in [3.63, 3.8) is 0 Å². The quantitative estimate of drug-likeness (QED) is 0.214. The summed E-state index contributed by atoms with van der Waals surface area (Å²) in [6, 6.07) is 7.88. The first-order valence-electron chi connectivity index (χ1n) is 10.3. The molecule has 186 valence electrons. The highest BCUT2D eigenvalue weighted by atomic mass is 79.9. The third-order valence-corrected chi connectivity index (χ3v) is 4.14. The summed E-state index contributed by atoms with van der Waals surface area (Å²) in [6.45, 7) is 6.07. The molecule has 0 aliphatic heterocycles. The van der Waals surface area contributed by atoms with Crippen LogP contribution in [0.3, 0.4) is 0 Å². The van der Waals surface area contributed by atoms with Crippen molar-refractivity contribution in [1.82, 2.24) is 19.4 Å². The maximum Gasteiger partial charge on any atom is 0.416 e. The lowest BCUT2D eigenvalue weighted by atomic mass is 10.2. The molecule has 0 bridgehead atoms. The summed E-state index contributed by atoms with van der Waals surface area (Å²) < 4.78 is 40.0. The molecule has 13 heteroatoms. The number of hydrogen-bond acceptors (Lipinski definition) is 5.